The Labute approximate surface area is 200 Å². The molecule has 2 fully saturated rings. The summed E-state index contributed by atoms with van der Waals surface area (Å²) in [5, 5.41) is 16.5. The van der Waals surface area contributed by atoms with Gasteiger partial charge in [-0.25, -0.2) is 9.97 Å². The molecule has 0 radical (unpaired) electrons. The van der Waals surface area contributed by atoms with Crippen molar-refractivity contribution in [2.45, 2.75) is 51.2 Å². The van der Waals surface area contributed by atoms with Gasteiger partial charge in [-0.2, -0.15) is 18.2 Å². The van der Waals surface area contributed by atoms with Gasteiger partial charge in [-0.15, -0.1) is 11.3 Å². The number of aromatic nitrogens is 3. The Hall–Kier alpha value is -2.46. The first-order valence-electron chi connectivity index (χ1n) is 11.7. The Morgan fingerprint density at radius 1 is 1.09 bits per heavy atom. The molecule has 2 aliphatic carbocycles. The fraction of sp³-hybridized carbons (Fsp3) is 0.542. The van der Waals surface area contributed by atoms with Crippen LogP contribution in [0.5, 0.6) is 0 Å². The van der Waals surface area contributed by atoms with Crippen LogP contribution >= 0.6 is 11.3 Å². The van der Waals surface area contributed by atoms with Crippen molar-refractivity contribution in [1.82, 2.24) is 15.0 Å². The van der Waals surface area contributed by atoms with Gasteiger partial charge in [0, 0.05) is 18.6 Å². The molecule has 0 unspecified atom stereocenters. The first-order chi connectivity index (χ1) is 16.2. The van der Waals surface area contributed by atoms with Crippen molar-refractivity contribution in [2.75, 3.05) is 23.8 Å². The SMILES string of the molecule is C[C@@H]1[C@@H](CO)C[C@@H](Nc2nc(NCC(F)(F)F)nc(C3CC3)c2-c2nc3ccccc3s2)[C@@H]1C. The molecule has 0 amide bonds. The maximum absolute atomic E-state index is 12.9. The lowest BCUT2D eigenvalue weighted by molar-refractivity contribution is -0.115. The zero-order valence-corrected chi connectivity index (χ0v) is 19.9. The van der Waals surface area contributed by atoms with Crippen LogP contribution in [0.25, 0.3) is 20.8 Å². The molecule has 0 saturated heterocycles. The highest BCUT2D eigenvalue weighted by atomic mass is 32.1. The third-order valence-corrected chi connectivity index (χ3v) is 8.23. The number of halogens is 3. The number of anilines is 2. The van der Waals surface area contributed by atoms with Gasteiger partial charge in [0.25, 0.3) is 0 Å². The van der Waals surface area contributed by atoms with E-state index in [0.717, 1.165) is 45.7 Å². The number of fused-ring (bicyclic) bond motifs is 1. The average Bonchev–Trinajstić information content (AvgIpc) is 3.51. The number of hydrogen-bond donors (Lipinski definition) is 3. The van der Waals surface area contributed by atoms with Crippen molar-refractivity contribution < 1.29 is 18.3 Å². The Morgan fingerprint density at radius 2 is 1.85 bits per heavy atom. The second-order valence-corrected chi connectivity index (χ2v) is 10.6. The second-order valence-electron chi connectivity index (χ2n) is 9.53. The Balaban J connectivity index is 1.59. The molecule has 2 aliphatic rings. The van der Waals surface area contributed by atoms with Crippen molar-refractivity contribution in [3.8, 4) is 10.6 Å². The minimum atomic E-state index is -4.37. The fourth-order valence-electron chi connectivity index (χ4n) is 4.84. The van der Waals surface area contributed by atoms with Crippen molar-refractivity contribution >= 4 is 33.3 Å². The first-order valence-corrected chi connectivity index (χ1v) is 12.5. The predicted molar refractivity (Wildman–Crippen MR) is 128 cm³/mol. The molecular weight excluding hydrogens is 463 g/mol. The number of alkyl halides is 3. The van der Waals surface area contributed by atoms with Crippen LogP contribution in [0.1, 0.15) is 44.7 Å². The maximum Gasteiger partial charge on any atom is 0.405 e. The number of hydrogen-bond acceptors (Lipinski definition) is 7. The topological polar surface area (TPSA) is 83.0 Å². The van der Waals surface area contributed by atoms with E-state index in [1.807, 2.05) is 24.3 Å². The molecule has 3 N–H and O–H groups in total. The lowest BCUT2D eigenvalue weighted by Gasteiger charge is -2.23. The van der Waals surface area contributed by atoms with Gasteiger partial charge in [0.05, 0.1) is 21.5 Å². The molecule has 1 aromatic carbocycles. The molecule has 2 saturated carbocycles. The minimum Gasteiger partial charge on any atom is -0.396 e. The van der Waals surface area contributed by atoms with Gasteiger partial charge in [-0.3, -0.25) is 0 Å². The number of para-hydroxylation sites is 1. The average molecular weight is 492 g/mol. The van der Waals surface area contributed by atoms with E-state index in [0.29, 0.717) is 11.7 Å². The Kier molecular flexibility index (Phi) is 6.14. The highest BCUT2D eigenvalue weighted by Crippen LogP contribution is 2.48. The molecule has 34 heavy (non-hydrogen) atoms. The predicted octanol–water partition coefficient (Wildman–Crippen LogP) is 5.67. The molecule has 4 atom stereocenters. The van der Waals surface area contributed by atoms with Gasteiger partial charge in [0.2, 0.25) is 5.95 Å². The second kappa shape index (κ2) is 8.96. The van der Waals surface area contributed by atoms with Crippen LogP contribution in [0.15, 0.2) is 24.3 Å². The van der Waals surface area contributed by atoms with E-state index in [9.17, 15) is 18.3 Å². The van der Waals surface area contributed by atoms with E-state index in [1.165, 1.54) is 0 Å². The molecular formula is C24H28F3N5OS. The van der Waals surface area contributed by atoms with E-state index in [-0.39, 0.29) is 36.4 Å². The lowest BCUT2D eigenvalue weighted by atomic mass is 9.92. The van der Waals surface area contributed by atoms with Crippen molar-refractivity contribution in [2.24, 2.45) is 17.8 Å². The quantitative estimate of drug-likeness (QED) is 0.395. The summed E-state index contributed by atoms with van der Waals surface area (Å²) in [5.41, 5.74) is 2.41. The molecule has 0 aliphatic heterocycles. The lowest BCUT2D eigenvalue weighted by Crippen LogP contribution is -2.26. The highest BCUT2D eigenvalue weighted by Gasteiger charge is 2.39. The molecule has 2 aromatic heterocycles. The van der Waals surface area contributed by atoms with Gasteiger partial charge in [-0.05, 0) is 49.1 Å². The normalized spacial score (nSPS) is 25.1. The van der Waals surface area contributed by atoms with Gasteiger partial charge in [-0.1, -0.05) is 26.0 Å². The fourth-order valence-corrected chi connectivity index (χ4v) is 5.86. The van der Waals surface area contributed by atoms with E-state index >= 15 is 0 Å². The molecule has 0 spiro atoms. The zero-order chi connectivity index (χ0) is 24.0. The monoisotopic (exact) mass is 491 g/mol. The molecule has 10 heteroatoms. The van der Waals surface area contributed by atoms with Crippen molar-refractivity contribution in [1.29, 1.82) is 0 Å². The van der Waals surface area contributed by atoms with Crippen LogP contribution in [0.4, 0.5) is 24.9 Å². The molecule has 6 nitrogen and oxygen atoms in total. The first kappa shape index (κ1) is 23.3. The van der Waals surface area contributed by atoms with Gasteiger partial charge in [0.15, 0.2) is 0 Å². The van der Waals surface area contributed by atoms with Crippen LogP contribution in [-0.4, -0.2) is 45.4 Å². The molecule has 3 aromatic rings. The van der Waals surface area contributed by atoms with Crippen LogP contribution < -0.4 is 10.6 Å². The molecule has 182 valence electrons. The number of aliphatic hydroxyl groups is 1. The van der Waals surface area contributed by atoms with Gasteiger partial charge in [0.1, 0.15) is 17.4 Å². The number of aliphatic hydroxyl groups excluding tert-OH is 1. The van der Waals surface area contributed by atoms with Crippen LogP contribution in [0.2, 0.25) is 0 Å². The summed E-state index contributed by atoms with van der Waals surface area (Å²) in [7, 11) is 0. The number of nitrogens with zero attached hydrogens (tertiary/aromatic N) is 3. The van der Waals surface area contributed by atoms with Crippen molar-refractivity contribution in [3.63, 3.8) is 0 Å². The van der Waals surface area contributed by atoms with Crippen LogP contribution in [0, 0.1) is 17.8 Å². The van der Waals surface area contributed by atoms with Gasteiger partial charge < -0.3 is 15.7 Å². The maximum atomic E-state index is 12.9. The highest BCUT2D eigenvalue weighted by molar-refractivity contribution is 7.21. The van der Waals surface area contributed by atoms with E-state index in [4.69, 9.17) is 4.98 Å². The summed E-state index contributed by atoms with van der Waals surface area (Å²) in [6.45, 7) is 3.19. The third kappa shape index (κ3) is 4.70. The number of thiazole rings is 1. The van der Waals surface area contributed by atoms with Gasteiger partial charge >= 0.3 is 6.18 Å². The van der Waals surface area contributed by atoms with Crippen LogP contribution in [-0.2, 0) is 0 Å². The summed E-state index contributed by atoms with van der Waals surface area (Å²) in [5.74, 6) is 1.44. The van der Waals surface area contributed by atoms with Crippen LogP contribution in [0.3, 0.4) is 0 Å². The zero-order valence-electron chi connectivity index (χ0n) is 19.1. The number of nitrogens with one attached hydrogen (secondary N) is 2. The molecule has 0 bridgehead atoms. The standard InChI is InChI=1S/C24H28F3N5OS/c1-12-13(2)17(9-15(12)10-33)29-21-19(22-30-16-5-3-4-6-18(16)34-22)20(14-7-8-14)31-23(32-21)28-11-24(25,26)27/h3-6,12-15,17,33H,7-11H2,1-2H3,(H2,28,29,31,32)/t12-,13+,15+,17+/m0/s1. The Bertz CT molecular complexity index is 1150. The minimum absolute atomic E-state index is 0.0241. The smallest absolute Gasteiger partial charge is 0.396 e. The summed E-state index contributed by atoms with van der Waals surface area (Å²) in [6, 6.07) is 7.89. The number of benzene rings is 1. The summed E-state index contributed by atoms with van der Waals surface area (Å²) in [4.78, 5) is 13.9. The largest absolute Gasteiger partial charge is 0.405 e. The third-order valence-electron chi connectivity index (χ3n) is 7.18. The van der Waals surface area contributed by atoms with E-state index in [2.05, 4.69) is 34.4 Å². The molecule has 2 heterocycles. The Morgan fingerprint density at radius 3 is 2.50 bits per heavy atom. The summed E-state index contributed by atoms with van der Waals surface area (Å²) >= 11 is 1.54. The van der Waals surface area contributed by atoms with E-state index in [1.54, 1.807) is 11.3 Å². The summed E-state index contributed by atoms with van der Waals surface area (Å²) in [6.07, 6.45) is -1.72. The number of rotatable bonds is 7. The molecule has 5 rings (SSSR count). The van der Waals surface area contributed by atoms with E-state index < -0.39 is 12.7 Å². The summed E-state index contributed by atoms with van der Waals surface area (Å²) < 4.78 is 39.8. The van der Waals surface area contributed by atoms with Crippen molar-refractivity contribution in [3.05, 3.63) is 30.0 Å².